The molecule has 20 heavy (non-hydrogen) atoms. The van der Waals surface area contributed by atoms with E-state index in [0.717, 1.165) is 5.69 Å². The normalized spacial score (nSPS) is 16.4. The molecule has 0 amide bonds. The Balaban J connectivity index is 2.02. The zero-order valence-corrected chi connectivity index (χ0v) is 12.0. The van der Waals surface area contributed by atoms with Crippen LogP contribution in [0.25, 0.3) is 11.3 Å². The molecule has 1 unspecified atom stereocenters. The number of pyridine rings is 1. The van der Waals surface area contributed by atoms with Crippen LogP contribution >= 0.6 is 11.6 Å². The lowest BCUT2D eigenvalue weighted by atomic mass is 10.1. The lowest BCUT2D eigenvalue weighted by Crippen LogP contribution is -2.21. The Labute approximate surface area is 121 Å². The number of nitrogens with zero attached hydrogens (tertiary/aromatic N) is 4. The molecule has 106 valence electrons. The minimum Gasteiger partial charge on any atom is -0.306 e. The highest BCUT2D eigenvalue weighted by molar-refractivity contribution is 6.29. The van der Waals surface area contributed by atoms with Crippen LogP contribution in [0, 0.1) is 5.82 Å². The summed E-state index contributed by atoms with van der Waals surface area (Å²) in [4.78, 5) is 5.17. The molecule has 0 aliphatic heterocycles. The maximum Gasteiger partial charge on any atom is 0.169 e. The van der Waals surface area contributed by atoms with Crippen molar-refractivity contribution in [1.29, 1.82) is 0 Å². The van der Waals surface area contributed by atoms with Crippen molar-refractivity contribution in [3.8, 4) is 11.3 Å². The van der Waals surface area contributed by atoms with Gasteiger partial charge in [-0.25, -0.2) is 9.37 Å². The van der Waals surface area contributed by atoms with Crippen molar-refractivity contribution in [3.05, 3.63) is 28.9 Å². The van der Waals surface area contributed by atoms with Crippen molar-refractivity contribution in [1.82, 2.24) is 25.3 Å². The summed E-state index contributed by atoms with van der Waals surface area (Å²) in [5.41, 5.74) is 1.56. The quantitative estimate of drug-likeness (QED) is 0.881. The first-order valence-electron chi connectivity index (χ1n) is 6.54. The smallest absolute Gasteiger partial charge is 0.169 e. The highest BCUT2D eigenvalue weighted by Crippen LogP contribution is 2.31. The van der Waals surface area contributed by atoms with E-state index in [1.807, 2.05) is 6.92 Å². The Morgan fingerprint density at radius 1 is 1.45 bits per heavy atom. The van der Waals surface area contributed by atoms with E-state index in [1.54, 1.807) is 13.1 Å². The molecule has 0 radical (unpaired) electrons. The fourth-order valence-corrected chi connectivity index (χ4v) is 2.35. The zero-order chi connectivity index (χ0) is 14.3. The summed E-state index contributed by atoms with van der Waals surface area (Å²) in [6, 6.07) is 2.11. The molecular formula is C13H15ClFN5. The standard InChI is InChI=1S/C13H15ClFN5/c1-7(17-8-3-4-8)11-12(19-20(2)18-11)9-5-6-16-13(14)10(9)15/h5-8,17H,3-4H2,1-2H3. The third-order valence-electron chi connectivity index (χ3n) is 3.31. The molecular weight excluding hydrogens is 281 g/mol. The highest BCUT2D eigenvalue weighted by Gasteiger charge is 2.27. The summed E-state index contributed by atoms with van der Waals surface area (Å²) in [5.74, 6) is -0.561. The largest absolute Gasteiger partial charge is 0.306 e. The van der Waals surface area contributed by atoms with Crippen LogP contribution in [0.2, 0.25) is 5.15 Å². The van der Waals surface area contributed by atoms with E-state index in [2.05, 4.69) is 20.5 Å². The molecule has 0 bridgehead atoms. The Morgan fingerprint density at radius 2 is 2.20 bits per heavy atom. The van der Waals surface area contributed by atoms with Crippen LogP contribution in [-0.2, 0) is 7.05 Å². The second-order valence-corrected chi connectivity index (χ2v) is 5.41. The van der Waals surface area contributed by atoms with Crippen molar-refractivity contribution in [2.24, 2.45) is 7.05 Å². The minimum absolute atomic E-state index is 0.0116. The highest BCUT2D eigenvalue weighted by atomic mass is 35.5. The van der Waals surface area contributed by atoms with Crippen LogP contribution in [0.4, 0.5) is 4.39 Å². The molecule has 1 N–H and O–H groups in total. The lowest BCUT2D eigenvalue weighted by molar-refractivity contribution is 0.544. The van der Waals surface area contributed by atoms with Crippen molar-refractivity contribution in [2.45, 2.75) is 31.8 Å². The molecule has 1 aliphatic rings. The first-order chi connectivity index (χ1) is 9.56. The molecule has 1 saturated carbocycles. The van der Waals surface area contributed by atoms with Gasteiger partial charge in [-0.3, -0.25) is 0 Å². The van der Waals surface area contributed by atoms with E-state index >= 15 is 0 Å². The first kappa shape index (κ1) is 13.5. The van der Waals surface area contributed by atoms with Gasteiger partial charge in [0.15, 0.2) is 11.0 Å². The third kappa shape index (κ3) is 2.53. The van der Waals surface area contributed by atoms with Gasteiger partial charge in [-0.2, -0.15) is 15.0 Å². The van der Waals surface area contributed by atoms with E-state index in [-0.39, 0.29) is 11.2 Å². The third-order valence-corrected chi connectivity index (χ3v) is 3.58. The van der Waals surface area contributed by atoms with Crippen LogP contribution in [0.3, 0.4) is 0 Å². The van der Waals surface area contributed by atoms with Crippen molar-refractivity contribution < 1.29 is 4.39 Å². The molecule has 2 aromatic heterocycles. The fourth-order valence-electron chi connectivity index (χ4n) is 2.19. The van der Waals surface area contributed by atoms with Gasteiger partial charge in [0.1, 0.15) is 11.4 Å². The van der Waals surface area contributed by atoms with Crippen LogP contribution in [0.15, 0.2) is 12.3 Å². The minimum atomic E-state index is -0.561. The monoisotopic (exact) mass is 295 g/mol. The molecule has 7 heteroatoms. The summed E-state index contributed by atoms with van der Waals surface area (Å²) >= 11 is 5.74. The average molecular weight is 296 g/mol. The van der Waals surface area contributed by atoms with Gasteiger partial charge in [0, 0.05) is 24.8 Å². The lowest BCUT2D eigenvalue weighted by Gasteiger charge is -2.12. The van der Waals surface area contributed by atoms with Crippen LogP contribution in [-0.4, -0.2) is 26.0 Å². The van der Waals surface area contributed by atoms with Crippen molar-refractivity contribution in [2.75, 3.05) is 0 Å². The number of hydrogen-bond donors (Lipinski definition) is 1. The Hall–Kier alpha value is -1.53. The molecule has 1 atom stereocenters. The number of rotatable bonds is 4. The average Bonchev–Trinajstić information content (AvgIpc) is 3.13. The van der Waals surface area contributed by atoms with Gasteiger partial charge >= 0.3 is 0 Å². The van der Waals surface area contributed by atoms with Crippen LogP contribution in [0.1, 0.15) is 31.5 Å². The summed E-state index contributed by atoms with van der Waals surface area (Å²) in [7, 11) is 1.72. The van der Waals surface area contributed by atoms with Gasteiger partial charge in [0.25, 0.3) is 0 Å². The van der Waals surface area contributed by atoms with Gasteiger partial charge in [-0.05, 0) is 25.8 Å². The van der Waals surface area contributed by atoms with E-state index in [9.17, 15) is 4.39 Å². The summed E-state index contributed by atoms with van der Waals surface area (Å²) in [6.07, 6.45) is 3.82. The van der Waals surface area contributed by atoms with Crippen molar-refractivity contribution in [3.63, 3.8) is 0 Å². The summed E-state index contributed by atoms with van der Waals surface area (Å²) < 4.78 is 14.1. The van der Waals surface area contributed by atoms with E-state index in [0.29, 0.717) is 17.3 Å². The molecule has 1 fully saturated rings. The molecule has 0 saturated heterocycles. The number of aromatic nitrogens is 4. The van der Waals surface area contributed by atoms with E-state index in [4.69, 9.17) is 11.6 Å². The molecule has 0 spiro atoms. The SMILES string of the molecule is CC(NC1CC1)c1nn(C)nc1-c1ccnc(Cl)c1F. The van der Waals surface area contributed by atoms with Gasteiger partial charge in [0.05, 0.1) is 6.04 Å². The first-order valence-corrected chi connectivity index (χ1v) is 6.91. The van der Waals surface area contributed by atoms with Crippen molar-refractivity contribution >= 4 is 11.6 Å². The zero-order valence-electron chi connectivity index (χ0n) is 11.3. The number of nitrogens with one attached hydrogen (secondary N) is 1. The predicted molar refractivity (Wildman–Crippen MR) is 73.8 cm³/mol. The molecule has 5 nitrogen and oxygen atoms in total. The van der Waals surface area contributed by atoms with Crippen LogP contribution in [0.5, 0.6) is 0 Å². The molecule has 3 rings (SSSR count). The molecule has 0 aromatic carbocycles. The fraction of sp³-hybridized carbons (Fsp3) is 0.462. The van der Waals surface area contributed by atoms with Gasteiger partial charge < -0.3 is 5.32 Å². The maximum atomic E-state index is 14.1. The van der Waals surface area contributed by atoms with E-state index < -0.39 is 5.82 Å². The number of hydrogen-bond acceptors (Lipinski definition) is 4. The maximum absolute atomic E-state index is 14.1. The number of halogens is 2. The predicted octanol–water partition coefficient (Wildman–Crippen LogP) is 2.48. The topological polar surface area (TPSA) is 55.6 Å². The summed E-state index contributed by atoms with van der Waals surface area (Å²) in [6.45, 7) is 2.01. The van der Waals surface area contributed by atoms with Gasteiger partial charge in [0.2, 0.25) is 0 Å². The summed E-state index contributed by atoms with van der Waals surface area (Å²) in [5, 5.41) is 11.9. The van der Waals surface area contributed by atoms with Gasteiger partial charge in [-0.15, -0.1) is 0 Å². The molecule has 2 heterocycles. The Bertz CT molecular complexity index is 638. The van der Waals surface area contributed by atoms with Gasteiger partial charge in [-0.1, -0.05) is 11.6 Å². The van der Waals surface area contributed by atoms with Crippen LogP contribution < -0.4 is 5.32 Å². The molecule has 2 aromatic rings. The Morgan fingerprint density at radius 3 is 2.90 bits per heavy atom. The second-order valence-electron chi connectivity index (χ2n) is 5.05. The van der Waals surface area contributed by atoms with E-state index in [1.165, 1.54) is 23.8 Å². The Kier molecular flexibility index (Phi) is 3.43. The second kappa shape index (κ2) is 5.10. The molecule has 1 aliphatic carbocycles. The number of aryl methyl sites for hydroxylation is 1.